The van der Waals surface area contributed by atoms with Crippen LogP contribution in [0.3, 0.4) is 0 Å². The first-order valence-corrected chi connectivity index (χ1v) is 6.22. The second-order valence-electron chi connectivity index (χ2n) is 4.94. The maximum Gasteiger partial charge on any atom is 0.325 e. The Morgan fingerprint density at radius 1 is 1.44 bits per heavy atom. The van der Waals surface area contributed by atoms with E-state index in [-0.39, 0.29) is 30.7 Å². The minimum Gasteiger partial charge on any atom is -0.468 e. The van der Waals surface area contributed by atoms with Crippen LogP contribution in [0.1, 0.15) is 19.3 Å². The summed E-state index contributed by atoms with van der Waals surface area (Å²) in [6, 6.07) is 0. The molecule has 0 radical (unpaired) electrons. The van der Waals surface area contributed by atoms with Gasteiger partial charge in [0.25, 0.3) is 0 Å². The van der Waals surface area contributed by atoms with Crippen molar-refractivity contribution in [1.29, 1.82) is 0 Å². The van der Waals surface area contributed by atoms with Crippen LogP contribution in [0, 0.1) is 11.8 Å². The first kappa shape index (κ1) is 12.9. The van der Waals surface area contributed by atoms with Crippen molar-refractivity contribution in [2.45, 2.75) is 19.3 Å². The fraction of sp³-hybridized carbons (Fsp3) is 0.750. The summed E-state index contributed by atoms with van der Waals surface area (Å²) in [5, 5.41) is 2.49. The summed E-state index contributed by atoms with van der Waals surface area (Å²) in [7, 11) is 1.27. The minimum atomic E-state index is -0.484. The van der Waals surface area contributed by atoms with Crippen LogP contribution in [0.4, 0.5) is 0 Å². The molecule has 2 rings (SSSR count). The molecular formula is C12H18N2O4. The maximum absolute atomic E-state index is 11.8. The lowest BCUT2D eigenvalue weighted by molar-refractivity contribution is -0.141. The van der Waals surface area contributed by atoms with Crippen LogP contribution in [0.15, 0.2) is 0 Å². The van der Waals surface area contributed by atoms with Crippen LogP contribution in [-0.4, -0.2) is 49.4 Å². The van der Waals surface area contributed by atoms with Crippen molar-refractivity contribution in [3.63, 3.8) is 0 Å². The van der Waals surface area contributed by atoms with Gasteiger partial charge in [0.15, 0.2) is 0 Å². The van der Waals surface area contributed by atoms with Crippen molar-refractivity contribution in [2.75, 3.05) is 26.7 Å². The molecule has 100 valence electrons. The summed E-state index contributed by atoms with van der Waals surface area (Å²) in [5.41, 5.74) is 0. The van der Waals surface area contributed by atoms with Gasteiger partial charge in [-0.1, -0.05) is 0 Å². The van der Waals surface area contributed by atoms with Gasteiger partial charge in [-0.05, 0) is 18.8 Å². The highest BCUT2D eigenvalue weighted by molar-refractivity contribution is 5.90. The third kappa shape index (κ3) is 3.21. The molecule has 0 aromatic heterocycles. The molecular weight excluding hydrogens is 236 g/mol. The Morgan fingerprint density at radius 2 is 2.17 bits per heavy atom. The summed E-state index contributed by atoms with van der Waals surface area (Å²) in [5.74, 6) is -0.388. The Bertz CT molecular complexity index is 365. The van der Waals surface area contributed by atoms with Gasteiger partial charge in [-0.15, -0.1) is 0 Å². The molecule has 1 heterocycles. The Hall–Kier alpha value is -1.59. The molecule has 1 unspecified atom stereocenters. The molecule has 0 aromatic carbocycles. The molecule has 1 saturated carbocycles. The zero-order valence-electron chi connectivity index (χ0n) is 10.5. The first-order valence-electron chi connectivity index (χ1n) is 6.22. The van der Waals surface area contributed by atoms with Gasteiger partial charge in [-0.3, -0.25) is 14.4 Å². The third-order valence-corrected chi connectivity index (χ3v) is 3.40. The Balaban J connectivity index is 1.77. The summed E-state index contributed by atoms with van der Waals surface area (Å²) in [4.78, 5) is 36.1. The summed E-state index contributed by atoms with van der Waals surface area (Å²) in [6.07, 6.45) is 2.62. The number of nitrogens with zero attached hydrogens (tertiary/aromatic N) is 1. The van der Waals surface area contributed by atoms with Crippen molar-refractivity contribution in [3.8, 4) is 0 Å². The van der Waals surface area contributed by atoms with Gasteiger partial charge >= 0.3 is 5.97 Å². The fourth-order valence-corrected chi connectivity index (χ4v) is 2.11. The normalized spacial score (nSPS) is 23.1. The Morgan fingerprint density at radius 3 is 2.78 bits per heavy atom. The zero-order valence-corrected chi connectivity index (χ0v) is 10.5. The van der Waals surface area contributed by atoms with Gasteiger partial charge in [0.1, 0.15) is 6.54 Å². The van der Waals surface area contributed by atoms with Crippen molar-refractivity contribution < 1.29 is 19.1 Å². The molecule has 6 heteroatoms. The molecule has 6 nitrogen and oxygen atoms in total. The number of hydrogen-bond donors (Lipinski definition) is 1. The fourth-order valence-electron chi connectivity index (χ4n) is 2.11. The van der Waals surface area contributed by atoms with E-state index in [1.54, 1.807) is 4.90 Å². The summed E-state index contributed by atoms with van der Waals surface area (Å²) >= 11 is 0. The highest BCUT2D eigenvalue weighted by atomic mass is 16.5. The molecule has 0 aromatic rings. The molecule has 1 saturated heterocycles. The van der Waals surface area contributed by atoms with Crippen molar-refractivity contribution in [1.82, 2.24) is 10.2 Å². The van der Waals surface area contributed by atoms with Gasteiger partial charge in [0, 0.05) is 19.5 Å². The van der Waals surface area contributed by atoms with Crippen LogP contribution in [0.25, 0.3) is 0 Å². The van der Waals surface area contributed by atoms with Crippen LogP contribution < -0.4 is 5.32 Å². The van der Waals surface area contributed by atoms with E-state index in [0.717, 1.165) is 6.54 Å². The Labute approximate surface area is 106 Å². The lowest BCUT2D eigenvalue weighted by Crippen LogP contribution is -2.36. The van der Waals surface area contributed by atoms with E-state index in [9.17, 15) is 14.4 Å². The van der Waals surface area contributed by atoms with Crippen LogP contribution in [-0.2, 0) is 19.1 Å². The highest BCUT2D eigenvalue weighted by Gasteiger charge is 2.37. The largest absolute Gasteiger partial charge is 0.468 e. The Kier molecular flexibility index (Phi) is 3.84. The smallest absolute Gasteiger partial charge is 0.325 e. The number of rotatable bonds is 5. The molecule has 18 heavy (non-hydrogen) atoms. The van der Waals surface area contributed by atoms with E-state index in [1.165, 1.54) is 20.0 Å². The minimum absolute atomic E-state index is 0.0418. The number of ether oxygens (including phenoxy) is 1. The van der Waals surface area contributed by atoms with Crippen LogP contribution in [0.2, 0.25) is 0 Å². The summed E-state index contributed by atoms with van der Waals surface area (Å²) in [6.45, 7) is 1.12. The first-order chi connectivity index (χ1) is 8.60. The second-order valence-corrected chi connectivity index (χ2v) is 4.94. The van der Waals surface area contributed by atoms with E-state index in [4.69, 9.17) is 0 Å². The molecule has 0 spiro atoms. The van der Waals surface area contributed by atoms with Gasteiger partial charge in [0.2, 0.25) is 11.8 Å². The van der Waals surface area contributed by atoms with Gasteiger partial charge in [-0.25, -0.2) is 0 Å². The number of carbonyl (C=O) groups excluding carboxylic acids is 3. The number of esters is 1. The van der Waals surface area contributed by atoms with E-state index in [0.29, 0.717) is 12.5 Å². The molecule has 1 aliphatic carbocycles. The number of likely N-dealkylation sites (tertiary alicyclic amines) is 1. The lowest BCUT2D eigenvalue weighted by atomic mass is 10.1. The molecule has 1 atom stereocenters. The SMILES string of the molecule is COC(=O)CNC(=O)C1CC(=O)N(CC2CC2)C1. The molecule has 1 N–H and O–H groups in total. The zero-order chi connectivity index (χ0) is 13.1. The van der Waals surface area contributed by atoms with E-state index >= 15 is 0 Å². The average Bonchev–Trinajstić information content (AvgIpc) is 3.10. The predicted octanol–water partition coefficient (Wildman–Crippen LogP) is -0.466. The molecule has 0 bridgehead atoms. The molecule has 2 fully saturated rings. The number of methoxy groups -OCH3 is 1. The predicted molar refractivity (Wildman–Crippen MR) is 62.4 cm³/mol. The molecule has 1 aliphatic heterocycles. The number of hydrogen-bond acceptors (Lipinski definition) is 4. The third-order valence-electron chi connectivity index (χ3n) is 3.40. The van der Waals surface area contributed by atoms with Crippen molar-refractivity contribution >= 4 is 17.8 Å². The van der Waals surface area contributed by atoms with Gasteiger partial charge in [0.05, 0.1) is 13.0 Å². The van der Waals surface area contributed by atoms with Crippen LogP contribution >= 0.6 is 0 Å². The second kappa shape index (κ2) is 5.37. The highest BCUT2D eigenvalue weighted by Crippen LogP contribution is 2.31. The topological polar surface area (TPSA) is 75.7 Å². The summed E-state index contributed by atoms with van der Waals surface area (Å²) < 4.78 is 4.44. The lowest BCUT2D eigenvalue weighted by Gasteiger charge is -2.15. The number of nitrogens with one attached hydrogen (secondary N) is 1. The quantitative estimate of drug-likeness (QED) is 0.673. The van der Waals surface area contributed by atoms with Gasteiger partial charge in [-0.2, -0.15) is 0 Å². The monoisotopic (exact) mass is 254 g/mol. The van der Waals surface area contributed by atoms with Crippen molar-refractivity contribution in [3.05, 3.63) is 0 Å². The van der Waals surface area contributed by atoms with Gasteiger partial charge < -0.3 is 15.0 Å². The van der Waals surface area contributed by atoms with E-state index < -0.39 is 5.97 Å². The molecule has 2 amide bonds. The average molecular weight is 254 g/mol. The standard InChI is InChI=1S/C12H18N2O4/c1-18-11(16)5-13-12(17)9-4-10(15)14(7-9)6-8-2-3-8/h8-9H,2-7H2,1H3,(H,13,17). The number of carbonyl (C=O) groups is 3. The van der Waals surface area contributed by atoms with E-state index in [1.807, 2.05) is 0 Å². The maximum atomic E-state index is 11.8. The number of amides is 2. The van der Waals surface area contributed by atoms with Crippen molar-refractivity contribution in [2.24, 2.45) is 11.8 Å². The van der Waals surface area contributed by atoms with Crippen LogP contribution in [0.5, 0.6) is 0 Å². The molecule has 2 aliphatic rings. The van der Waals surface area contributed by atoms with E-state index in [2.05, 4.69) is 10.1 Å².